The van der Waals surface area contributed by atoms with E-state index in [4.69, 9.17) is 15.6 Å². The fraction of sp³-hybridized carbons (Fsp3) is 0.391. The van der Waals surface area contributed by atoms with Crippen LogP contribution in [0.25, 0.3) is 33.9 Å². The Balaban J connectivity index is 0.000000214. The van der Waals surface area contributed by atoms with Crippen LogP contribution in [0.5, 0.6) is 0 Å². The van der Waals surface area contributed by atoms with E-state index in [1.54, 1.807) is 53.4 Å². The van der Waals surface area contributed by atoms with E-state index >= 15 is 0 Å². The number of anilines is 2. The number of aromatic amines is 2. The van der Waals surface area contributed by atoms with Gasteiger partial charge in [0.1, 0.15) is 17.7 Å². The summed E-state index contributed by atoms with van der Waals surface area (Å²) in [5.74, 6) is -0.421. The minimum Gasteiger partial charge on any atom is -0.465 e. The van der Waals surface area contributed by atoms with E-state index < -0.39 is 35.8 Å². The zero-order valence-corrected chi connectivity index (χ0v) is 51.4. The van der Waals surface area contributed by atoms with Crippen LogP contribution in [0.4, 0.5) is 21.0 Å². The number of carbonyl (C=O) groups excluding carboxylic acids is 6. The molecule has 0 radical (unpaired) electrons. The van der Waals surface area contributed by atoms with Crippen LogP contribution in [0, 0.1) is 23.7 Å². The summed E-state index contributed by atoms with van der Waals surface area (Å²) in [6, 6.07) is 35.7. The van der Waals surface area contributed by atoms with Gasteiger partial charge in [0, 0.05) is 76.3 Å². The van der Waals surface area contributed by atoms with Crippen molar-refractivity contribution in [1.82, 2.24) is 62.5 Å². The number of halogens is 1. The summed E-state index contributed by atoms with van der Waals surface area (Å²) < 4.78 is 6.25. The van der Waals surface area contributed by atoms with Crippen LogP contribution in [-0.4, -0.2) is 125 Å². The summed E-state index contributed by atoms with van der Waals surface area (Å²) in [5.41, 5.74) is 12.3. The second kappa shape index (κ2) is 30.0. The molecule has 5 aromatic carbocycles. The molecule has 10 N–H and O–H groups in total. The number of alkyl carbamates (subject to hydrolysis) is 1. The van der Waals surface area contributed by atoms with Crippen LogP contribution in [-0.2, 0) is 36.8 Å². The normalized spacial score (nSPS) is 17.9. The third kappa shape index (κ3) is 18.8. The highest BCUT2D eigenvalue weighted by molar-refractivity contribution is 9.10. The van der Waals surface area contributed by atoms with Crippen LogP contribution in [0.2, 0.25) is 0 Å². The van der Waals surface area contributed by atoms with Gasteiger partial charge in [0.05, 0.1) is 0 Å². The first kappa shape index (κ1) is 64.1. The summed E-state index contributed by atoms with van der Waals surface area (Å²) in [7, 11) is 0. The monoisotopic (exact) mass is 1280 g/mol. The van der Waals surface area contributed by atoms with Crippen LogP contribution in [0.15, 0.2) is 126 Å². The summed E-state index contributed by atoms with van der Waals surface area (Å²) in [5, 5.41) is 50.8. The van der Waals surface area contributed by atoms with Crippen molar-refractivity contribution in [3.05, 3.63) is 142 Å². The quantitative estimate of drug-likeness (QED) is 0.0325. The number of hydrogen-bond acceptors (Lipinski definition) is 14. The number of rotatable bonds is 21. The molecule has 0 bridgehead atoms. The second-order valence-corrected chi connectivity index (χ2v) is 24.8. The summed E-state index contributed by atoms with van der Waals surface area (Å²) in [6.07, 6.45) is 6.66. The second-order valence-electron chi connectivity index (χ2n) is 23.9. The number of nitrogens with two attached hydrogens (primary N) is 1. The molecule has 3 fully saturated rings. The number of nitrogens with zero attached hydrogens (tertiary/aromatic N) is 7. The van der Waals surface area contributed by atoms with E-state index in [1.165, 1.54) is 0 Å². The van der Waals surface area contributed by atoms with Gasteiger partial charge < -0.3 is 42.2 Å². The Morgan fingerprint density at radius 3 is 1.66 bits per heavy atom. The Morgan fingerprint density at radius 1 is 0.640 bits per heavy atom. The predicted molar refractivity (Wildman–Crippen MR) is 335 cm³/mol. The first-order chi connectivity index (χ1) is 42.8. The number of benzene rings is 5. The molecule has 0 aliphatic heterocycles. The number of hydrogen-bond donors (Lipinski definition) is 9. The van der Waals surface area contributed by atoms with Crippen molar-refractivity contribution in [2.75, 3.05) is 23.3 Å². The zero-order chi connectivity index (χ0) is 63.0. The van der Waals surface area contributed by atoms with Crippen molar-refractivity contribution in [1.29, 1.82) is 0 Å². The van der Waals surface area contributed by atoms with Crippen LogP contribution < -0.4 is 37.2 Å². The molecule has 25 heteroatoms. The van der Waals surface area contributed by atoms with Gasteiger partial charge in [-0.3, -0.25) is 28.9 Å². The molecule has 466 valence electrons. The van der Waals surface area contributed by atoms with Crippen LogP contribution in [0.3, 0.4) is 0 Å². The van der Waals surface area contributed by atoms with E-state index in [2.05, 4.69) is 83.8 Å². The van der Waals surface area contributed by atoms with Crippen molar-refractivity contribution in [3.63, 3.8) is 0 Å². The largest absolute Gasteiger partial charge is 0.465 e. The Kier molecular flexibility index (Phi) is 21.6. The number of primary amides is 1. The number of aromatic nitrogens is 8. The van der Waals surface area contributed by atoms with Gasteiger partial charge in [-0.15, -0.1) is 10.2 Å². The van der Waals surface area contributed by atoms with Crippen LogP contribution in [0.1, 0.15) is 106 Å². The average molecular weight is 1280 g/mol. The predicted octanol–water partition coefficient (Wildman–Crippen LogP) is 8.56. The standard InChI is InChI=1S/C35H38N8O5.C29H36BrN7O4/c44-32(37-29-17-18-29)27-11-9-24(10-12-27)23-5-1-21(2-6-23)19-30(39-33(45)26-7-3-22(4-8-26)20-36-35(47)48)34(46)38-28-15-13-25(14-16-28)31-40-42-43-41-31;1-29(2,3)41-28(40)32-17-19-4-8-21(9-5-19)27(39)37(23-14-10-20(11-15-23)26-33-35-36-34-26)24(25(31)38)16-18-6-12-22(30)13-7-18/h1-2,5-6,9-16,22,26,29-30,36H,3-4,7-8,17-20H2,(H,37,44)(H,38,46)(H,39,45)(H,47,48)(H,40,41,42,43);6-7,10-15,19,21,24H,4-5,8-9,16-17H2,1-3H3,(H2,31,38)(H,32,40)(H,33,34,35,36)/t22-,26-,30-;19-,21-,24-/m00/s1. The summed E-state index contributed by atoms with van der Waals surface area (Å²) in [4.78, 5) is 90.9. The maximum absolute atomic E-state index is 14.1. The fourth-order valence-corrected chi connectivity index (χ4v) is 11.3. The molecular weight excluding hydrogens is 1200 g/mol. The van der Waals surface area contributed by atoms with Crippen molar-refractivity contribution in [2.24, 2.45) is 29.4 Å². The lowest BCUT2D eigenvalue weighted by Crippen LogP contribution is -2.52. The first-order valence-electron chi connectivity index (χ1n) is 29.9. The van der Waals surface area contributed by atoms with Crippen LogP contribution >= 0.6 is 15.9 Å². The third-order valence-corrected chi connectivity index (χ3v) is 16.6. The number of amides is 7. The van der Waals surface area contributed by atoms with Gasteiger partial charge in [-0.2, -0.15) is 0 Å². The molecule has 0 unspecified atom stereocenters. The minimum absolute atomic E-state index is 0.0583. The van der Waals surface area contributed by atoms with Gasteiger partial charge in [0.2, 0.25) is 23.6 Å². The van der Waals surface area contributed by atoms with E-state index in [0.29, 0.717) is 73.4 Å². The summed E-state index contributed by atoms with van der Waals surface area (Å²) in [6.45, 7) is 6.33. The molecular formula is C64H74BrN15O9. The Bertz CT molecular complexity index is 3490. The van der Waals surface area contributed by atoms with Gasteiger partial charge in [-0.05, 0) is 213 Å². The fourth-order valence-electron chi connectivity index (χ4n) is 11.0. The number of nitrogens with one attached hydrogen (secondary N) is 7. The Labute approximate surface area is 523 Å². The van der Waals surface area contributed by atoms with Crippen molar-refractivity contribution in [3.8, 4) is 33.9 Å². The number of tetrazole rings is 2. The first-order valence-corrected chi connectivity index (χ1v) is 30.7. The van der Waals surface area contributed by atoms with E-state index in [9.17, 15) is 33.6 Å². The van der Waals surface area contributed by atoms with E-state index in [-0.39, 0.29) is 60.1 Å². The van der Waals surface area contributed by atoms with Crippen molar-refractivity contribution in [2.45, 2.75) is 122 Å². The molecule has 3 aliphatic rings. The molecule has 2 aromatic heterocycles. The highest BCUT2D eigenvalue weighted by Gasteiger charge is 2.37. The number of ether oxygens (including phenoxy) is 1. The Morgan fingerprint density at radius 2 is 1.15 bits per heavy atom. The average Bonchev–Trinajstić information content (AvgIpc) is 2.55. The minimum atomic E-state index is -1.05. The van der Waals surface area contributed by atoms with Gasteiger partial charge in [-0.1, -0.05) is 64.5 Å². The molecule has 2 heterocycles. The molecule has 3 aliphatic carbocycles. The number of carboxylic acid groups (broad SMARTS) is 1. The zero-order valence-electron chi connectivity index (χ0n) is 49.8. The maximum Gasteiger partial charge on any atom is 0.407 e. The Hall–Kier alpha value is -9.39. The third-order valence-electron chi connectivity index (χ3n) is 16.1. The van der Waals surface area contributed by atoms with Crippen molar-refractivity contribution < 1.29 is 43.4 Å². The molecule has 7 aromatic rings. The smallest absolute Gasteiger partial charge is 0.407 e. The lowest BCUT2D eigenvalue weighted by Gasteiger charge is -2.36. The van der Waals surface area contributed by atoms with Crippen molar-refractivity contribution >= 4 is 69.0 Å². The molecule has 2 atom stereocenters. The molecule has 10 rings (SSSR count). The highest BCUT2D eigenvalue weighted by Crippen LogP contribution is 2.34. The molecule has 89 heavy (non-hydrogen) atoms. The SMILES string of the molecule is CC(C)(C)OC(=O)NC[C@H]1CC[C@H](C(=O)N(c2ccc(-c3nnn[nH]3)cc2)[C@@H](Cc2ccc(Br)cc2)C(N)=O)CC1.O=C(O)NC[C@H]1CC[C@H](C(=O)N[C@@H](Cc2ccc(-c3ccc(C(=O)NC4CC4)cc3)cc2)C(=O)Nc2ccc(-c3nnn[nH]3)cc2)CC1. The van der Waals surface area contributed by atoms with Gasteiger partial charge in [0.15, 0.2) is 11.6 Å². The maximum atomic E-state index is 14.1. The molecule has 0 spiro atoms. The number of carbonyl (C=O) groups is 7. The van der Waals surface area contributed by atoms with Gasteiger partial charge in [0.25, 0.3) is 5.91 Å². The molecule has 24 nitrogen and oxygen atoms in total. The van der Waals surface area contributed by atoms with E-state index in [0.717, 1.165) is 76.4 Å². The lowest BCUT2D eigenvalue weighted by atomic mass is 9.81. The van der Waals surface area contributed by atoms with Gasteiger partial charge in [-0.25, -0.2) is 19.8 Å². The highest BCUT2D eigenvalue weighted by atomic mass is 79.9. The van der Waals surface area contributed by atoms with Gasteiger partial charge >= 0.3 is 12.2 Å². The molecule has 0 saturated heterocycles. The summed E-state index contributed by atoms with van der Waals surface area (Å²) >= 11 is 3.44. The van der Waals surface area contributed by atoms with E-state index in [1.807, 2.05) is 93.6 Å². The lowest BCUT2D eigenvalue weighted by molar-refractivity contribution is -0.130. The number of H-pyrrole nitrogens is 2. The molecule has 3 saturated carbocycles. The topological polar surface area (TPSA) is 347 Å². The molecule has 7 amide bonds.